The van der Waals surface area contributed by atoms with Crippen LogP contribution in [0.1, 0.15) is 6.92 Å². The van der Waals surface area contributed by atoms with Gasteiger partial charge in [0.05, 0.1) is 0 Å². The summed E-state index contributed by atoms with van der Waals surface area (Å²) >= 11 is 1.45. The van der Waals surface area contributed by atoms with E-state index < -0.39 is 32.2 Å². The monoisotopic (exact) mass is 296 g/mol. The number of nitrogen functional groups attached to an aromatic ring is 1. The number of anilines is 1. The molecule has 8 heteroatoms. The number of hydrogen-bond donors (Lipinski definition) is 2. The van der Waals surface area contributed by atoms with Crippen LogP contribution in [0.25, 0.3) is 0 Å². The van der Waals surface area contributed by atoms with Crippen molar-refractivity contribution in [1.82, 2.24) is 4.72 Å². The summed E-state index contributed by atoms with van der Waals surface area (Å²) in [5.41, 5.74) is 4.33. The molecule has 0 saturated carbocycles. The molecule has 3 N–H and O–H groups in total. The summed E-state index contributed by atoms with van der Waals surface area (Å²) in [5, 5.41) is 0. The van der Waals surface area contributed by atoms with E-state index in [-0.39, 0.29) is 6.04 Å². The van der Waals surface area contributed by atoms with Crippen LogP contribution < -0.4 is 10.5 Å². The van der Waals surface area contributed by atoms with Gasteiger partial charge in [-0.2, -0.15) is 11.8 Å². The van der Waals surface area contributed by atoms with Crippen LogP contribution in [0.4, 0.5) is 14.5 Å². The predicted octanol–water partition coefficient (Wildman–Crippen LogP) is 1.58. The molecule has 0 aliphatic rings. The first-order valence-corrected chi connectivity index (χ1v) is 7.92. The Labute approximate surface area is 109 Å². The number of nitrogens with one attached hydrogen (secondary N) is 1. The second kappa shape index (κ2) is 5.85. The topological polar surface area (TPSA) is 72.2 Å². The van der Waals surface area contributed by atoms with Crippen LogP contribution in [0, 0.1) is 11.6 Å². The zero-order chi connectivity index (χ0) is 13.9. The Bertz CT molecular complexity index is 535. The van der Waals surface area contributed by atoms with Crippen LogP contribution in [-0.2, 0) is 10.0 Å². The summed E-state index contributed by atoms with van der Waals surface area (Å²) in [7, 11) is -4.04. The Hall–Kier alpha value is -0.860. The fourth-order valence-corrected chi connectivity index (χ4v) is 3.39. The maximum Gasteiger partial charge on any atom is 0.243 e. The molecule has 102 valence electrons. The molecule has 1 atom stereocenters. The van der Waals surface area contributed by atoms with Crippen LogP contribution in [0.5, 0.6) is 0 Å². The van der Waals surface area contributed by atoms with Crippen LogP contribution in [-0.4, -0.2) is 26.5 Å². The molecule has 0 fully saturated rings. The van der Waals surface area contributed by atoms with E-state index in [0.29, 0.717) is 5.75 Å². The molecule has 0 spiro atoms. The number of thioether (sulfide) groups is 1. The molecule has 18 heavy (non-hydrogen) atoms. The molecule has 0 heterocycles. The highest BCUT2D eigenvalue weighted by Crippen LogP contribution is 2.22. The molecule has 1 aromatic carbocycles. The van der Waals surface area contributed by atoms with Gasteiger partial charge in [0.1, 0.15) is 16.4 Å². The van der Waals surface area contributed by atoms with Gasteiger partial charge in [-0.25, -0.2) is 21.9 Å². The molecule has 1 aromatic rings. The minimum Gasteiger partial charge on any atom is -0.394 e. The number of hydrogen-bond acceptors (Lipinski definition) is 4. The maximum absolute atomic E-state index is 13.6. The van der Waals surface area contributed by atoms with Crippen molar-refractivity contribution in [3.8, 4) is 0 Å². The molecule has 0 amide bonds. The van der Waals surface area contributed by atoms with E-state index >= 15 is 0 Å². The third-order valence-electron chi connectivity index (χ3n) is 2.15. The normalized spacial score (nSPS) is 13.6. The quantitative estimate of drug-likeness (QED) is 0.809. The first-order valence-electron chi connectivity index (χ1n) is 5.04. The zero-order valence-electron chi connectivity index (χ0n) is 9.91. The molecule has 1 unspecified atom stereocenters. The molecule has 0 saturated heterocycles. The van der Waals surface area contributed by atoms with Crippen LogP contribution >= 0.6 is 11.8 Å². The van der Waals surface area contributed by atoms with Gasteiger partial charge in [-0.15, -0.1) is 0 Å². The largest absolute Gasteiger partial charge is 0.394 e. The van der Waals surface area contributed by atoms with E-state index in [4.69, 9.17) is 5.73 Å². The van der Waals surface area contributed by atoms with Crippen molar-refractivity contribution >= 4 is 27.5 Å². The van der Waals surface area contributed by atoms with Gasteiger partial charge in [-0.3, -0.25) is 0 Å². The summed E-state index contributed by atoms with van der Waals surface area (Å²) in [6.45, 7) is 1.65. The molecule has 1 rings (SSSR count). The Morgan fingerprint density at radius 3 is 2.61 bits per heavy atom. The Morgan fingerprint density at radius 2 is 2.06 bits per heavy atom. The molecular formula is C10H14F2N2O2S2. The summed E-state index contributed by atoms with van der Waals surface area (Å²) in [5.74, 6) is -1.71. The lowest BCUT2D eigenvalue weighted by atomic mass is 10.3. The highest BCUT2D eigenvalue weighted by atomic mass is 32.2. The molecule has 0 aromatic heterocycles. The van der Waals surface area contributed by atoms with E-state index in [1.165, 1.54) is 11.8 Å². The molecule has 0 aliphatic heterocycles. The van der Waals surface area contributed by atoms with E-state index in [1.807, 2.05) is 6.26 Å². The number of benzene rings is 1. The van der Waals surface area contributed by atoms with Crippen LogP contribution in [0.15, 0.2) is 17.0 Å². The van der Waals surface area contributed by atoms with Gasteiger partial charge >= 0.3 is 0 Å². The average Bonchev–Trinajstić information content (AvgIpc) is 2.25. The van der Waals surface area contributed by atoms with E-state index in [9.17, 15) is 17.2 Å². The third-order valence-corrected chi connectivity index (χ3v) is 4.59. The maximum atomic E-state index is 13.6. The van der Waals surface area contributed by atoms with Gasteiger partial charge in [0, 0.05) is 11.8 Å². The standard InChI is InChI=1S/C10H14F2N2O2S2/c1-6(5-17-2)14-18(15,16)8-4-3-7(11)10(13)9(8)12/h3-4,6,14H,5,13H2,1-2H3. The summed E-state index contributed by atoms with van der Waals surface area (Å²) in [6, 6.07) is 1.32. The van der Waals surface area contributed by atoms with E-state index in [2.05, 4.69) is 4.72 Å². The van der Waals surface area contributed by atoms with Gasteiger partial charge in [0.2, 0.25) is 10.0 Å². The summed E-state index contributed by atoms with van der Waals surface area (Å²) in [4.78, 5) is -0.644. The second-order valence-electron chi connectivity index (χ2n) is 3.75. The van der Waals surface area contributed by atoms with Crippen molar-refractivity contribution in [1.29, 1.82) is 0 Å². The van der Waals surface area contributed by atoms with Crippen LogP contribution in [0.2, 0.25) is 0 Å². The fraction of sp³-hybridized carbons (Fsp3) is 0.400. The van der Waals surface area contributed by atoms with Crippen molar-refractivity contribution in [2.24, 2.45) is 0 Å². The lowest BCUT2D eigenvalue weighted by Crippen LogP contribution is -2.34. The smallest absolute Gasteiger partial charge is 0.243 e. The van der Waals surface area contributed by atoms with Crippen molar-refractivity contribution in [3.63, 3.8) is 0 Å². The second-order valence-corrected chi connectivity index (χ2v) is 6.34. The Morgan fingerprint density at radius 1 is 1.44 bits per heavy atom. The SMILES string of the molecule is CSCC(C)NS(=O)(=O)c1ccc(F)c(N)c1F. The molecule has 4 nitrogen and oxygen atoms in total. The van der Waals surface area contributed by atoms with E-state index in [0.717, 1.165) is 12.1 Å². The number of halogens is 2. The molecular weight excluding hydrogens is 282 g/mol. The van der Waals surface area contributed by atoms with Crippen molar-refractivity contribution < 1.29 is 17.2 Å². The van der Waals surface area contributed by atoms with Gasteiger partial charge in [0.25, 0.3) is 0 Å². The Balaban J connectivity index is 3.10. The first kappa shape index (κ1) is 15.2. The highest BCUT2D eigenvalue weighted by Gasteiger charge is 2.23. The zero-order valence-corrected chi connectivity index (χ0v) is 11.5. The Kier molecular flexibility index (Phi) is 4.94. The molecule has 0 aliphatic carbocycles. The number of rotatable bonds is 5. The highest BCUT2D eigenvalue weighted by molar-refractivity contribution is 7.98. The first-order chi connectivity index (χ1) is 8.29. The van der Waals surface area contributed by atoms with Gasteiger partial charge in [0.15, 0.2) is 5.82 Å². The lowest BCUT2D eigenvalue weighted by molar-refractivity contribution is 0.543. The van der Waals surface area contributed by atoms with Crippen molar-refractivity contribution in [3.05, 3.63) is 23.8 Å². The summed E-state index contributed by atoms with van der Waals surface area (Å²) < 4.78 is 52.6. The van der Waals surface area contributed by atoms with Crippen molar-refractivity contribution in [2.45, 2.75) is 17.9 Å². The third kappa shape index (κ3) is 3.33. The van der Waals surface area contributed by atoms with Gasteiger partial charge in [-0.1, -0.05) is 0 Å². The van der Waals surface area contributed by atoms with E-state index in [1.54, 1.807) is 6.92 Å². The fourth-order valence-electron chi connectivity index (χ4n) is 1.37. The van der Waals surface area contributed by atoms with Crippen molar-refractivity contribution in [2.75, 3.05) is 17.7 Å². The van der Waals surface area contributed by atoms with Crippen LogP contribution in [0.3, 0.4) is 0 Å². The van der Waals surface area contributed by atoms with Gasteiger partial charge < -0.3 is 5.73 Å². The average molecular weight is 296 g/mol. The predicted molar refractivity (Wildman–Crippen MR) is 68.9 cm³/mol. The number of nitrogens with two attached hydrogens (primary N) is 1. The van der Waals surface area contributed by atoms with Gasteiger partial charge in [-0.05, 0) is 25.3 Å². The lowest BCUT2D eigenvalue weighted by Gasteiger charge is -2.14. The number of sulfonamides is 1. The summed E-state index contributed by atoms with van der Waals surface area (Å²) in [6.07, 6.45) is 1.82. The minimum absolute atomic E-state index is 0.365. The molecule has 0 bridgehead atoms. The minimum atomic E-state index is -4.04. The molecule has 0 radical (unpaired) electrons.